The van der Waals surface area contributed by atoms with Gasteiger partial charge in [0.2, 0.25) is 0 Å². The van der Waals surface area contributed by atoms with Crippen LogP contribution in [0, 0.1) is 6.92 Å². The first-order valence-electron chi connectivity index (χ1n) is 7.73. The number of aromatic nitrogens is 2. The fourth-order valence-electron chi connectivity index (χ4n) is 2.03. The van der Waals surface area contributed by atoms with Crippen LogP contribution in [0.4, 0.5) is 0 Å². The van der Waals surface area contributed by atoms with Gasteiger partial charge in [0.1, 0.15) is 11.5 Å². The minimum Gasteiger partial charge on any atom is -0.494 e. The number of carbonyl (C=O) groups is 1. The molecule has 1 aromatic carbocycles. The second kappa shape index (κ2) is 8.71. The standard InChI is InChI=1S/C17H21N3O4/c1-3-23-14-4-6-15(7-5-14)24-11-16(21)19-8-9-20-12-18-10-13(2)17(20)22/h4-7,10,12H,3,8-9,11H2,1-2H3,(H,19,21). The largest absolute Gasteiger partial charge is 0.494 e. The Labute approximate surface area is 140 Å². The topological polar surface area (TPSA) is 82.4 Å². The first kappa shape index (κ1) is 17.5. The molecule has 0 aliphatic rings. The zero-order valence-corrected chi connectivity index (χ0v) is 13.8. The van der Waals surface area contributed by atoms with Gasteiger partial charge in [-0.3, -0.25) is 14.2 Å². The summed E-state index contributed by atoms with van der Waals surface area (Å²) in [7, 11) is 0. The van der Waals surface area contributed by atoms with Crippen molar-refractivity contribution in [2.75, 3.05) is 19.8 Å². The summed E-state index contributed by atoms with van der Waals surface area (Å²) in [6, 6.07) is 7.06. The predicted molar refractivity (Wildman–Crippen MR) is 89.3 cm³/mol. The lowest BCUT2D eigenvalue weighted by Crippen LogP contribution is -2.34. The second-order valence-electron chi connectivity index (χ2n) is 5.12. The Morgan fingerprint density at radius 1 is 1.21 bits per heavy atom. The molecule has 0 fully saturated rings. The number of nitrogens with one attached hydrogen (secondary N) is 1. The first-order valence-corrected chi connectivity index (χ1v) is 7.73. The maximum absolute atomic E-state index is 11.8. The Hall–Kier alpha value is -2.83. The van der Waals surface area contributed by atoms with Crippen LogP contribution >= 0.6 is 0 Å². The normalized spacial score (nSPS) is 10.2. The van der Waals surface area contributed by atoms with Crippen molar-refractivity contribution in [2.45, 2.75) is 20.4 Å². The van der Waals surface area contributed by atoms with Crippen LogP contribution < -0.4 is 20.3 Å². The molecule has 1 amide bonds. The third kappa shape index (κ3) is 5.12. The Bertz CT molecular complexity index is 725. The molecule has 0 atom stereocenters. The summed E-state index contributed by atoms with van der Waals surface area (Å²) in [5.41, 5.74) is 0.465. The third-order valence-electron chi connectivity index (χ3n) is 3.25. The van der Waals surface area contributed by atoms with Crippen molar-refractivity contribution in [1.29, 1.82) is 0 Å². The molecule has 2 rings (SSSR count). The predicted octanol–water partition coefficient (Wildman–Crippen LogP) is 1.15. The van der Waals surface area contributed by atoms with Crippen molar-refractivity contribution >= 4 is 5.91 Å². The van der Waals surface area contributed by atoms with Crippen LogP contribution in [-0.4, -0.2) is 35.2 Å². The van der Waals surface area contributed by atoms with Crippen LogP contribution in [0.25, 0.3) is 0 Å². The van der Waals surface area contributed by atoms with Crippen molar-refractivity contribution in [3.63, 3.8) is 0 Å². The number of hydrogen-bond donors (Lipinski definition) is 1. The van der Waals surface area contributed by atoms with Gasteiger partial charge >= 0.3 is 0 Å². The molecule has 0 aliphatic carbocycles. The zero-order chi connectivity index (χ0) is 17.4. The highest BCUT2D eigenvalue weighted by molar-refractivity contribution is 5.77. The minimum absolute atomic E-state index is 0.0883. The fourth-order valence-corrected chi connectivity index (χ4v) is 2.03. The highest BCUT2D eigenvalue weighted by atomic mass is 16.5. The highest BCUT2D eigenvalue weighted by Gasteiger charge is 2.04. The van der Waals surface area contributed by atoms with E-state index in [9.17, 15) is 9.59 Å². The zero-order valence-electron chi connectivity index (χ0n) is 13.8. The van der Waals surface area contributed by atoms with E-state index in [4.69, 9.17) is 9.47 Å². The lowest BCUT2D eigenvalue weighted by molar-refractivity contribution is -0.123. The average Bonchev–Trinajstić information content (AvgIpc) is 2.58. The number of carbonyl (C=O) groups excluding carboxylic acids is 1. The molecule has 0 unspecified atom stereocenters. The van der Waals surface area contributed by atoms with Gasteiger partial charge in [-0.2, -0.15) is 0 Å². The Morgan fingerprint density at radius 2 is 1.88 bits per heavy atom. The number of nitrogens with zero attached hydrogens (tertiary/aromatic N) is 2. The molecule has 24 heavy (non-hydrogen) atoms. The number of rotatable bonds is 8. The van der Waals surface area contributed by atoms with Crippen molar-refractivity contribution in [2.24, 2.45) is 0 Å². The highest BCUT2D eigenvalue weighted by Crippen LogP contribution is 2.17. The summed E-state index contributed by atoms with van der Waals surface area (Å²) in [6.45, 7) is 4.82. The monoisotopic (exact) mass is 331 g/mol. The lowest BCUT2D eigenvalue weighted by atomic mass is 10.3. The molecule has 1 aromatic heterocycles. The molecule has 0 radical (unpaired) electrons. The van der Waals surface area contributed by atoms with Gasteiger partial charge in [0, 0.05) is 24.8 Å². The van der Waals surface area contributed by atoms with Gasteiger partial charge in [-0.1, -0.05) is 0 Å². The Balaban J connectivity index is 1.73. The summed E-state index contributed by atoms with van der Waals surface area (Å²) < 4.78 is 12.2. The van der Waals surface area contributed by atoms with Crippen molar-refractivity contribution in [3.05, 3.63) is 52.7 Å². The molecule has 128 valence electrons. The van der Waals surface area contributed by atoms with Gasteiger partial charge in [0.15, 0.2) is 6.61 Å². The summed E-state index contributed by atoms with van der Waals surface area (Å²) in [4.78, 5) is 27.5. The summed E-state index contributed by atoms with van der Waals surface area (Å²) in [5.74, 6) is 1.09. The van der Waals surface area contributed by atoms with E-state index in [2.05, 4.69) is 10.3 Å². The van der Waals surface area contributed by atoms with Gasteiger partial charge in [-0.05, 0) is 38.1 Å². The second-order valence-corrected chi connectivity index (χ2v) is 5.12. The van der Waals surface area contributed by atoms with Crippen molar-refractivity contribution in [1.82, 2.24) is 14.9 Å². The quantitative estimate of drug-likeness (QED) is 0.784. The van der Waals surface area contributed by atoms with Gasteiger partial charge in [-0.25, -0.2) is 4.98 Å². The van der Waals surface area contributed by atoms with E-state index in [0.717, 1.165) is 5.75 Å². The Kier molecular flexibility index (Phi) is 6.36. The number of hydrogen-bond acceptors (Lipinski definition) is 5. The van der Waals surface area contributed by atoms with Crippen LogP contribution in [0.3, 0.4) is 0 Å². The molecule has 0 aliphatic heterocycles. The van der Waals surface area contributed by atoms with Gasteiger partial charge in [0.05, 0.1) is 12.9 Å². The molecular weight excluding hydrogens is 310 g/mol. The van der Waals surface area contributed by atoms with E-state index >= 15 is 0 Å². The SMILES string of the molecule is CCOc1ccc(OCC(=O)NCCn2cncc(C)c2=O)cc1. The molecule has 7 heteroatoms. The van der Waals surface area contributed by atoms with Gasteiger partial charge < -0.3 is 14.8 Å². The molecule has 0 saturated carbocycles. The van der Waals surface area contributed by atoms with E-state index in [1.165, 1.54) is 17.1 Å². The number of ether oxygens (including phenoxy) is 2. The number of amides is 1. The molecule has 1 heterocycles. The van der Waals surface area contributed by atoms with Crippen LogP contribution in [0.15, 0.2) is 41.6 Å². The maximum atomic E-state index is 11.8. The molecule has 7 nitrogen and oxygen atoms in total. The molecular formula is C17H21N3O4. The average molecular weight is 331 g/mol. The van der Waals surface area contributed by atoms with Crippen LogP contribution in [0.5, 0.6) is 11.5 Å². The smallest absolute Gasteiger partial charge is 0.258 e. The van der Waals surface area contributed by atoms with E-state index in [0.29, 0.717) is 31.0 Å². The summed E-state index contributed by atoms with van der Waals surface area (Å²) in [5, 5.41) is 2.70. The van der Waals surface area contributed by atoms with Crippen LogP contribution in [0.2, 0.25) is 0 Å². The van der Waals surface area contributed by atoms with E-state index in [1.807, 2.05) is 6.92 Å². The lowest BCUT2D eigenvalue weighted by Gasteiger charge is -2.09. The number of aryl methyl sites for hydroxylation is 1. The molecule has 1 N–H and O–H groups in total. The molecule has 0 spiro atoms. The van der Waals surface area contributed by atoms with E-state index in [1.54, 1.807) is 31.2 Å². The maximum Gasteiger partial charge on any atom is 0.258 e. The number of benzene rings is 1. The molecule has 2 aromatic rings. The third-order valence-corrected chi connectivity index (χ3v) is 3.25. The first-order chi connectivity index (χ1) is 11.6. The van der Waals surface area contributed by atoms with Crippen molar-refractivity contribution < 1.29 is 14.3 Å². The van der Waals surface area contributed by atoms with Crippen molar-refractivity contribution in [3.8, 4) is 11.5 Å². The van der Waals surface area contributed by atoms with E-state index < -0.39 is 0 Å². The summed E-state index contributed by atoms with van der Waals surface area (Å²) >= 11 is 0. The van der Waals surface area contributed by atoms with Crippen LogP contribution in [-0.2, 0) is 11.3 Å². The molecule has 0 saturated heterocycles. The van der Waals surface area contributed by atoms with Crippen LogP contribution in [0.1, 0.15) is 12.5 Å². The Morgan fingerprint density at radius 3 is 2.54 bits per heavy atom. The van der Waals surface area contributed by atoms with Gasteiger partial charge in [0.25, 0.3) is 11.5 Å². The minimum atomic E-state index is -0.252. The van der Waals surface area contributed by atoms with E-state index in [-0.39, 0.29) is 18.1 Å². The van der Waals surface area contributed by atoms with Gasteiger partial charge in [-0.15, -0.1) is 0 Å². The summed E-state index contributed by atoms with van der Waals surface area (Å²) in [6.07, 6.45) is 2.97. The fraction of sp³-hybridized carbons (Fsp3) is 0.353. The molecule has 0 bridgehead atoms.